The number of hydrogen-bond acceptors (Lipinski definition) is 8. The van der Waals surface area contributed by atoms with Crippen molar-refractivity contribution >= 4 is 5.82 Å². The summed E-state index contributed by atoms with van der Waals surface area (Å²) in [6.45, 7) is 1.23. The molecular formula is C23H28N6O2. The number of nitrogens with zero attached hydrogens (tertiary/aromatic N) is 4. The van der Waals surface area contributed by atoms with Crippen LogP contribution in [-0.4, -0.2) is 41.9 Å². The number of pyridine rings is 2. The smallest absolute Gasteiger partial charge is 0.137 e. The molecule has 0 saturated carbocycles. The number of methoxy groups -OCH3 is 2. The molecule has 1 aliphatic rings. The number of ether oxygens (including phenoxy) is 2. The van der Waals surface area contributed by atoms with Crippen molar-refractivity contribution in [2.24, 2.45) is 11.5 Å². The molecule has 0 aliphatic carbocycles. The lowest BCUT2D eigenvalue weighted by molar-refractivity contribution is 0.112. The number of hydrogen-bond donors (Lipinski definition) is 2. The van der Waals surface area contributed by atoms with Crippen molar-refractivity contribution in [3.63, 3.8) is 0 Å². The van der Waals surface area contributed by atoms with Gasteiger partial charge in [-0.2, -0.15) is 0 Å². The fourth-order valence-electron chi connectivity index (χ4n) is 3.92. The number of benzene rings is 1. The first kappa shape index (κ1) is 21.0. The van der Waals surface area contributed by atoms with E-state index in [-0.39, 0.29) is 6.17 Å². The van der Waals surface area contributed by atoms with Crippen LogP contribution in [0.2, 0.25) is 0 Å². The molecule has 4 N–H and O–H groups in total. The fourth-order valence-corrected chi connectivity index (χ4v) is 3.92. The van der Waals surface area contributed by atoms with E-state index in [1.54, 1.807) is 26.6 Å². The molecule has 0 bridgehead atoms. The zero-order chi connectivity index (χ0) is 21.8. The molecule has 0 fully saturated rings. The van der Waals surface area contributed by atoms with Gasteiger partial charge in [-0.05, 0) is 41.8 Å². The van der Waals surface area contributed by atoms with Gasteiger partial charge in [0.15, 0.2) is 0 Å². The molecule has 8 nitrogen and oxygen atoms in total. The molecule has 3 heterocycles. The molecule has 1 aliphatic heterocycles. The molecule has 2 unspecified atom stereocenters. The van der Waals surface area contributed by atoms with E-state index in [9.17, 15) is 0 Å². The van der Waals surface area contributed by atoms with Gasteiger partial charge in [-0.1, -0.05) is 12.1 Å². The van der Waals surface area contributed by atoms with E-state index < -0.39 is 6.29 Å². The molecule has 0 amide bonds. The van der Waals surface area contributed by atoms with E-state index in [1.807, 2.05) is 42.6 Å². The van der Waals surface area contributed by atoms with Gasteiger partial charge in [0.25, 0.3) is 0 Å². The van der Waals surface area contributed by atoms with Crippen LogP contribution in [0.25, 0.3) is 0 Å². The van der Waals surface area contributed by atoms with Crippen LogP contribution < -0.4 is 25.8 Å². The zero-order valence-electron chi connectivity index (χ0n) is 17.8. The van der Waals surface area contributed by atoms with Crippen LogP contribution >= 0.6 is 0 Å². The summed E-state index contributed by atoms with van der Waals surface area (Å²) in [7, 11) is 3.28. The van der Waals surface area contributed by atoms with E-state index in [1.165, 1.54) is 0 Å². The third kappa shape index (κ3) is 4.46. The Kier molecular flexibility index (Phi) is 6.31. The Hall–Kier alpha value is -3.20. The van der Waals surface area contributed by atoms with Crippen molar-refractivity contribution in [2.75, 3.05) is 25.7 Å². The van der Waals surface area contributed by atoms with E-state index in [0.717, 1.165) is 40.4 Å². The number of aromatic nitrogens is 2. The maximum absolute atomic E-state index is 6.74. The van der Waals surface area contributed by atoms with Crippen LogP contribution in [0.3, 0.4) is 0 Å². The lowest BCUT2D eigenvalue weighted by atomic mass is 10.1. The quantitative estimate of drug-likeness (QED) is 0.600. The molecule has 3 aromatic rings. The molecule has 2 aromatic heterocycles. The molecule has 0 radical (unpaired) electrons. The van der Waals surface area contributed by atoms with E-state index >= 15 is 0 Å². The van der Waals surface area contributed by atoms with Gasteiger partial charge in [0.2, 0.25) is 0 Å². The predicted octanol–water partition coefficient (Wildman–Crippen LogP) is 2.26. The Balaban J connectivity index is 1.63. The minimum Gasteiger partial charge on any atom is -0.497 e. The van der Waals surface area contributed by atoms with Crippen molar-refractivity contribution < 1.29 is 9.47 Å². The molecule has 162 valence electrons. The van der Waals surface area contributed by atoms with Gasteiger partial charge in [0.1, 0.15) is 23.6 Å². The second kappa shape index (κ2) is 9.30. The van der Waals surface area contributed by atoms with Crippen molar-refractivity contribution in [1.29, 1.82) is 0 Å². The first-order valence-corrected chi connectivity index (χ1v) is 10.2. The Morgan fingerprint density at radius 2 is 1.71 bits per heavy atom. The van der Waals surface area contributed by atoms with Gasteiger partial charge in [0, 0.05) is 43.3 Å². The van der Waals surface area contributed by atoms with E-state index in [2.05, 4.69) is 25.8 Å². The Bertz CT molecular complexity index is 994. The number of nitrogens with two attached hydrogens (primary N) is 2. The maximum Gasteiger partial charge on any atom is 0.137 e. The van der Waals surface area contributed by atoms with Crippen LogP contribution in [0.4, 0.5) is 5.82 Å². The monoisotopic (exact) mass is 420 g/mol. The summed E-state index contributed by atoms with van der Waals surface area (Å²) in [5, 5.41) is 0. The van der Waals surface area contributed by atoms with Gasteiger partial charge in [0.05, 0.1) is 20.4 Å². The number of anilines is 1. The van der Waals surface area contributed by atoms with Crippen LogP contribution in [0, 0.1) is 0 Å². The summed E-state index contributed by atoms with van der Waals surface area (Å²) in [4.78, 5) is 13.0. The summed E-state index contributed by atoms with van der Waals surface area (Å²) in [6.07, 6.45) is 5.40. The number of rotatable bonds is 7. The SMILES string of the molecule is COc1cc(CN2C(N)c3cccnc3N(CCc3cccnc3)C2N)cc(OC)c1. The lowest BCUT2D eigenvalue weighted by Gasteiger charge is -2.46. The van der Waals surface area contributed by atoms with Crippen molar-refractivity contribution in [3.05, 3.63) is 77.7 Å². The van der Waals surface area contributed by atoms with Crippen LogP contribution in [0.15, 0.2) is 61.1 Å². The van der Waals surface area contributed by atoms with E-state index in [4.69, 9.17) is 20.9 Å². The topological polar surface area (TPSA) is 103 Å². The average molecular weight is 421 g/mol. The maximum atomic E-state index is 6.74. The van der Waals surface area contributed by atoms with Gasteiger partial charge in [-0.25, -0.2) is 9.88 Å². The first-order chi connectivity index (χ1) is 15.1. The van der Waals surface area contributed by atoms with E-state index in [0.29, 0.717) is 13.1 Å². The summed E-state index contributed by atoms with van der Waals surface area (Å²) >= 11 is 0. The molecule has 1 aromatic carbocycles. The molecule has 8 heteroatoms. The summed E-state index contributed by atoms with van der Waals surface area (Å²) < 4.78 is 10.8. The van der Waals surface area contributed by atoms with Crippen LogP contribution in [-0.2, 0) is 13.0 Å². The van der Waals surface area contributed by atoms with Crippen molar-refractivity contribution in [2.45, 2.75) is 25.4 Å². The third-order valence-electron chi connectivity index (χ3n) is 5.56. The van der Waals surface area contributed by atoms with Gasteiger partial charge < -0.3 is 20.1 Å². The Morgan fingerprint density at radius 1 is 0.968 bits per heavy atom. The van der Waals surface area contributed by atoms with Gasteiger partial charge in [-0.3, -0.25) is 10.7 Å². The highest BCUT2D eigenvalue weighted by atomic mass is 16.5. The van der Waals surface area contributed by atoms with Gasteiger partial charge >= 0.3 is 0 Å². The summed E-state index contributed by atoms with van der Waals surface area (Å²) in [5.74, 6) is 2.28. The predicted molar refractivity (Wildman–Crippen MR) is 120 cm³/mol. The second-order valence-corrected chi connectivity index (χ2v) is 7.47. The summed E-state index contributed by atoms with van der Waals surface area (Å²) in [6, 6.07) is 13.7. The molecule has 2 atom stereocenters. The van der Waals surface area contributed by atoms with Crippen LogP contribution in [0.1, 0.15) is 22.9 Å². The first-order valence-electron chi connectivity index (χ1n) is 10.2. The normalized spacial score (nSPS) is 18.5. The summed E-state index contributed by atoms with van der Waals surface area (Å²) in [5.41, 5.74) is 16.5. The largest absolute Gasteiger partial charge is 0.497 e. The van der Waals surface area contributed by atoms with Crippen molar-refractivity contribution in [1.82, 2.24) is 14.9 Å². The lowest BCUT2D eigenvalue weighted by Crippen LogP contribution is -2.60. The van der Waals surface area contributed by atoms with Crippen LogP contribution in [0.5, 0.6) is 11.5 Å². The minimum atomic E-state index is -0.439. The Labute approximate surface area is 182 Å². The minimum absolute atomic E-state index is 0.384. The average Bonchev–Trinajstić information content (AvgIpc) is 2.82. The molecular weight excluding hydrogens is 392 g/mol. The Morgan fingerprint density at radius 3 is 2.39 bits per heavy atom. The highest BCUT2D eigenvalue weighted by molar-refractivity contribution is 5.51. The van der Waals surface area contributed by atoms with Crippen molar-refractivity contribution in [3.8, 4) is 11.5 Å². The molecule has 31 heavy (non-hydrogen) atoms. The highest BCUT2D eigenvalue weighted by Crippen LogP contribution is 2.35. The van der Waals surface area contributed by atoms with Gasteiger partial charge in [-0.15, -0.1) is 0 Å². The standard InChI is InChI=1S/C23H28N6O2/c1-30-18-11-17(12-19(13-18)31-2)15-29-21(24)20-6-4-9-27-22(20)28(23(29)25)10-7-16-5-3-8-26-14-16/h3-6,8-9,11-14,21,23H,7,10,15,24-25H2,1-2H3. The number of fused-ring (bicyclic) bond motifs is 1. The fraction of sp³-hybridized carbons (Fsp3) is 0.304. The second-order valence-electron chi connectivity index (χ2n) is 7.47. The highest BCUT2D eigenvalue weighted by Gasteiger charge is 2.36. The molecule has 0 saturated heterocycles. The zero-order valence-corrected chi connectivity index (χ0v) is 17.8. The molecule has 4 rings (SSSR count). The third-order valence-corrected chi connectivity index (χ3v) is 5.56. The molecule has 0 spiro atoms.